The van der Waals surface area contributed by atoms with Crippen LogP contribution in [-0.4, -0.2) is 47.6 Å². The van der Waals surface area contributed by atoms with E-state index in [1.54, 1.807) is 24.3 Å². The van der Waals surface area contributed by atoms with E-state index in [2.05, 4.69) is 12.2 Å². The van der Waals surface area contributed by atoms with Crippen molar-refractivity contribution in [1.29, 1.82) is 0 Å². The molecule has 1 heterocycles. The van der Waals surface area contributed by atoms with E-state index in [4.69, 9.17) is 5.73 Å². The van der Waals surface area contributed by atoms with Crippen molar-refractivity contribution in [2.75, 3.05) is 25.0 Å². The van der Waals surface area contributed by atoms with Crippen molar-refractivity contribution in [3.8, 4) is 0 Å². The second-order valence-electron chi connectivity index (χ2n) is 5.48. The Bertz CT molecular complexity index is 515. The van der Waals surface area contributed by atoms with Gasteiger partial charge in [0.25, 0.3) is 0 Å². The highest BCUT2D eigenvalue weighted by Crippen LogP contribution is 2.23. The van der Waals surface area contributed by atoms with Gasteiger partial charge in [-0.3, -0.25) is 14.5 Å². The number of amides is 2. The highest BCUT2D eigenvalue weighted by molar-refractivity contribution is 5.95. The fraction of sp³-hybridized carbons (Fsp3) is 0.467. The Morgan fingerprint density at radius 1 is 1.38 bits per heavy atom. The van der Waals surface area contributed by atoms with Gasteiger partial charge in [-0.15, -0.1) is 0 Å². The average Bonchev–Trinajstić information content (AvgIpc) is 2.79. The molecule has 0 bridgehead atoms. The first-order valence-electron chi connectivity index (χ1n) is 7.06. The van der Waals surface area contributed by atoms with Crippen LogP contribution in [0.25, 0.3) is 0 Å². The van der Waals surface area contributed by atoms with Crippen LogP contribution in [0.3, 0.4) is 0 Å². The summed E-state index contributed by atoms with van der Waals surface area (Å²) < 4.78 is 0. The Hall–Kier alpha value is -1.92. The van der Waals surface area contributed by atoms with Gasteiger partial charge < -0.3 is 16.2 Å². The minimum absolute atomic E-state index is 0.0491. The van der Waals surface area contributed by atoms with E-state index >= 15 is 0 Å². The second kappa shape index (κ2) is 6.69. The molecule has 0 spiro atoms. The van der Waals surface area contributed by atoms with Crippen molar-refractivity contribution >= 4 is 17.5 Å². The number of nitrogens with one attached hydrogen (secondary N) is 1. The number of hydrogen-bond donors (Lipinski definition) is 3. The Morgan fingerprint density at radius 3 is 2.62 bits per heavy atom. The molecule has 6 heteroatoms. The SMILES string of the molecule is CC1CCN(CC(=O)Nc2ccc(C(N)=O)cc2)C1CO. The molecular formula is C15H21N3O3. The van der Waals surface area contributed by atoms with Crippen LogP contribution >= 0.6 is 0 Å². The summed E-state index contributed by atoms with van der Waals surface area (Å²) in [5.74, 6) is -0.225. The number of hydrogen-bond acceptors (Lipinski definition) is 4. The summed E-state index contributed by atoms with van der Waals surface area (Å²) in [6.07, 6.45) is 0.992. The standard InChI is InChI=1S/C15H21N3O3/c1-10-6-7-18(13(10)9-19)8-14(20)17-12-4-2-11(3-5-12)15(16)21/h2-5,10,13,19H,6-9H2,1H3,(H2,16,21)(H,17,20). The molecule has 2 unspecified atom stereocenters. The van der Waals surface area contributed by atoms with Crippen molar-refractivity contribution in [1.82, 2.24) is 4.90 Å². The van der Waals surface area contributed by atoms with Gasteiger partial charge in [0, 0.05) is 17.3 Å². The van der Waals surface area contributed by atoms with Gasteiger partial charge in [0.2, 0.25) is 11.8 Å². The summed E-state index contributed by atoms with van der Waals surface area (Å²) in [5, 5.41) is 12.2. The van der Waals surface area contributed by atoms with E-state index in [0.29, 0.717) is 17.2 Å². The molecular weight excluding hydrogens is 270 g/mol. The highest BCUT2D eigenvalue weighted by Gasteiger charge is 2.31. The number of nitrogens with zero attached hydrogens (tertiary/aromatic N) is 1. The minimum Gasteiger partial charge on any atom is -0.395 e. The summed E-state index contributed by atoms with van der Waals surface area (Å²) in [7, 11) is 0. The smallest absolute Gasteiger partial charge is 0.248 e. The molecule has 2 rings (SSSR count). The maximum Gasteiger partial charge on any atom is 0.248 e. The lowest BCUT2D eigenvalue weighted by atomic mass is 10.0. The fourth-order valence-corrected chi connectivity index (χ4v) is 2.68. The number of anilines is 1. The average molecular weight is 291 g/mol. The van der Waals surface area contributed by atoms with Gasteiger partial charge in [-0.2, -0.15) is 0 Å². The summed E-state index contributed by atoms with van der Waals surface area (Å²) >= 11 is 0. The highest BCUT2D eigenvalue weighted by atomic mass is 16.3. The number of aliphatic hydroxyl groups is 1. The predicted molar refractivity (Wildman–Crippen MR) is 79.8 cm³/mol. The van der Waals surface area contributed by atoms with Gasteiger partial charge in [0.15, 0.2) is 0 Å². The first-order valence-corrected chi connectivity index (χ1v) is 7.06. The van der Waals surface area contributed by atoms with Crippen LogP contribution in [0.5, 0.6) is 0 Å². The second-order valence-corrected chi connectivity index (χ2v) is 5.48. The largest absolute Gasteiger partial charge is 0.395 e. The van der Waals surface area contributed by atoms with Crippen molar-refractivity contribution in [2.24, 2.45) is 11.7 Å². The quantitative estimate of drug-likeness (QED) is 0.733. The maximum absolute atomic E-state index is 12.0. The molecule has 1 aliphatic rings. The van der Waals surface area contributed by atoms with E-state index in [0.717, 1.165) is 13.0 Å². The Labute approximate surface area is 123 Å². The molecule has 2 atom stereocenters. The zero-order chi connectivity index (χ0) is 15.4. The van der Waals surface area contributed by atoms with Crippen LogP contribution in [0.2, 0.25) is 0 Å². The monoisotopic (exact) mass is 291 g/mol. The van der Waals surface area contributed by atoms with Gasteiger partial charge in [-0.1, -0.05) is 6.92 Å². The molecule has 0 saturated carbocycles. The number of aliphatic hydroxyl groups excluding tert-OH is 1. The lowest BCUT2D eigenvalue weighted by Gasteiger charge is -2.24. The first-order chi connectivity index (χ1) is 10.0. The predicted octanol–water partition coefficient (Wildman–Crippen LogP) is 0.427. The summed E-state index contributed by atoms with van der Waals surface area (Å²) in [6.45, 7) is 3.23. The van der Waals surface area contributed by atoms with Crippen LogP contribution in [0.15, 0.2) is 24.3 Å². The minimum atomic E-state index is -0.496. The van der Waals surface area contributed by atoms with Gasteiger partial charge in [0.1, 0.15) is 0 Å². The molecule has 2 amide bonds. The van der Waals surface area contributed by atoms with E-state index in [9.17, 15) is 14.7 Å². The number of benzene rings is 1. The molecule has 0 radical (unpaired) electrons. The van der Waals surface area contributed by atoms with Crippen LogP contribution in [0.4, 0.5) is 5.69 Å². The number of carbonyl (C=O) groups excluding carboxylic acids is 2. The normalized spacial score (nSPS) is 22.2. The van der Waals surface area contributed by atoms with Gasteiger partial charge >= 0.3 is 0 Å². The Kier molecular flexibility index (Phi) is 4.93. The van der Waals surface area contributed by atoms with E-state index < -0.39 is 5.91 Å². The number of nitrogens with two attached hydrogens (primary N) is 1. The van der Waals surface area contributed by atoms with Crippen molar-refractivity contribution in [2.45, 2.75) is 19.4 Å². The third kappa shape index (κ3) is 3.80. The molecule has 1 fully saturated rings. The van der Waals surface area contributed by atoms with Crippen molar-refractivity contribution in [3.05, 3.63) is 29.8 Å². The zero-order valence-corrected chi connectivity index (χ0v) is 12.1. The van der Waals surface area contributed by atoms with Crippen LogP contribution in [0.1, 0.15) is 23.7 Å². The lowest BCUT2D eigenvalue weighted by molar-refractivity contribution is -0.117. The van der Waals surface area contributed by atoms with Gasteiger partial charge in [0.05, 0.1) is 13.2 Å². The number of likely N-dealkylation sites (tertiary alicyclic amines) is 1. The van der Waals surface area contributed by atoms with Crippen LogP contribution < -0.4 is 11.1 Å². The Morgan fingerprint density at radius 2 is 2.05 bits per heavy atom. The van der Waals surface area contributed by atoms with E-state index in [1.165, 1.54) is 0 Å². The Balaban J connectivity index is 1.91. The van der Waals surface area contributed by atoms with Crippen molar-refractivity contribution in [3.63, 3.8) is 0 Å². The molecule has 21 heavy (non-hydrogen) atoms. The summed E-state index contributed by atoms with van der Waals surface area (Å²) in [4.78, 5) is 25.0. The number of rotatable bonds is 5. The third-order valence-electron chi connectivity index (χ3n) is 3.98. The van der Waals surface area contributed by atoms with Crippen molar-refractivity contribution < 1.29 is 14.7 Å². The molecule has 1 aromatic rings. The summed E-state index contributed by atoms with van der Waals surface area (Å²) in [5.41, 5.74) is 6.19. The molecule has 1 saturated heterocycles. The maximum atomic E-state index is 12.0. The molecule has 1 aliphatic heterocycles. The molecule has 1 aromatic carbocycles. The molecule has 0 aliphatic carbocycles. The van der Waals surface area contributed by atoms with Crippen LogP contribution in [-0.2, 0) is 4.79 Å². The molecule has 6 nitrogen and oxygen atoms in total. The number of carbonyl (C=O) groups is 2. The molecule has 114 valence electrons. The van der Waals surface area contributed by atoms with E-state index in [1.807, 2.05) is 4.90 Å². The third-order valence-corrected chi connectivity index (χ3v) is 3.98. The molecule has 0 aromatic heterocycles. The molecule has 4 N–H and O–H groups in total. The van der Waals surface area contributed by atoms with E-state index in [-0.39, 0.29) is 25.1 Å². The summed E-state index contributed by atoms with van der Waals surface area (Å²) in [6, 6.07) is 6.49. The number of primary amides is 1. The first kappa shape index (κ1) is 15.5. The van der Waals surface area contributed by atoms with Gasteiger partial charge in [-0.25, -0.2) is 0 Å². The zero-order valence-electron chi connectivity index (χ0n) is 12.1. The van der Waals surface area contributed by atoms with Crippen LogP contribution in [0, 0.1) is 5.92 Å². The lowest BCUT2D eigenvalue weighted by Crippen LogP contribution is -2.40. The van der Waals surface area contributed by atoms with Gasteiger partial charge in [-0.05, 0) is 43.1 Å². The fourth-order valence-electron chi connectivity index (χ4n) is 2.68. The topological polar surface area (TPSA) is 95.7 Å².